The normalized spacial score (nSPS) is 13.8. The molecule has 4 rings (SSSR count). The van der Waals surface area contributed by atoms with Crippen LogP contribution in [0.1, 0.15) is 18.5 Å². The smallest absolute Gasteiger partial charge is 0.244 e. The van der Waals surface area contributed by atoms with E-state index >= 15 is 0 Å². The second-order valence-corrected chi connectivity index (χ2v) is 9.30. The van der Waals surface area contributed by atoms with Crippen LogP contribution in [0.25, 0.3) is 11.4 Å². The number of imidazole rings is 1. The molecule has 1 aliphatic heterocycles. The third-order valence-corrected chi connectivity index (χ3v) is 6.93. The summed E-state index contributed by atoms with van der Waals surface area (Å²) in [7, 11) is -2.41. The van der Waals surface area contributed by atoms with Gasteiger partial charge in [0.25, 0.3) is 0 Å². The highest BCUT2D eigenvalue weighted by Gasteiger charge is 2.23. The van der Waals surface area contributed by atoms with Crippen molar-refractivity contribution in [2.75, 3.05) is 18.9 Å². The van der Waals surface area contributed by atoms with Crippen molar-refractivity contribution < 1.29 is 13.2 Å². The molecule has 0 atom stereocenters. The van der Waals surface area contributed by atoms with Gasteiger partial charge in [0.1, 0.15) is 10.7 Å². The van der Waals surface area contributed by atoms with Gasteiger partial charge in [0.15, 0.2) is 0 Å². The van der Waals surface area contributed by atoms with Crippen molar-refractivity contribution in [2.24, 2.45) is 0 Å². The van der Waals surface area contributed by atoms with Crippen LogP contribution in [-0.4, -0.2) is 46.8 Å². The van der Waals surface area contributed by atoms with Gasteiger partial charge in [-0.25, -0.2) is 13.4 Å². The number of carbonyl (C=O) groups is 1. The molecule has 0 saturated carbocycles. The zero-order valence-electron chi connectivity index (χ0n) is 16.7. The van der Waals surface area contributed by atoms with Crippen LogP contribution in [0.3, 0.4) is 0 Å². The predicted molar refractivity (Wildman–Crippen MR) is 113 cm³/mol. The summed E-state index contributed by atoms with van der Waals surface area (Å²) in [5.41, 5.74) is 2.84. The lowest BCUT2D eigenvalue weighted by molar-refractivity contribution is -0.116. The maximum absolute atomic E-state index is 12.5. The molecule has 156 valence electrons. The van der Waals surface area contributed by atoms with Gasteiger partial charge >= 0.3 is 0 Å². The van der Waals surface area contributed by atoms with E-state index in [-0.39, 0.29) is 11.4 Å². The summed E-state index contributed by atoms with van der Waals surface area (Å²) in [4.78, 5) is 20.8. The Balaban J connectivity index is 1.41. The summed E-state index contributed by atoms with van der Waals surface area (Å²) in [6.07, 6.45) is 8.09. The fourth-order valence-electron chi connectivity index (χ4n) is 3.54. The molecule has 0 radical (unpaired) electrons. The van der Waals surface area contributed by atoms with Gasteiger partial charge in [-0.2, -0.15) is 4.31 Å². The first-order valence-corrected chi connectivity index (χ1v) is 11.2. The Hall–Kier alpha value is -3.04. The zero-order valence-corrected chi connectivity index (χ0v) is 17.5. The average molecular weight is 426 g/mol. The van der Waals surface area contributed by atoms with Crippen molar-refractivity contribution in [3.05, 3.63) is 60.7 Å². The number of fused-ring (bicyclic) bond motifs is 1. The second kappa shape index (κ2) is 8.37. The van der Waals surface area contributed by atoms with Crippen LogP contribution in [0.5, 0.6) is 0 Å². The number of amides is 1. The van der Waals surface area contributed by atoms with E-state index in [1.54, 1.807) is 18.2 Å². The molecule has 0 spiro atoms. The highest BCUT2D eigenvalue weighted by atomic mass is 32.2. The van der Waals surface area contributed by atoms with Gasteiger partial charge in [-0.3, -0.25) is 9.78 Å². The molecule has 1 aliphatic rings. The van der Waals surface area contributed by atoms with Gasteiger partial charge < -0.3 is 9.88 Å². The third-order valence-electron chi connectivity index (χ3n) is 5.14. The molecule has 1 N–H and O–H groups in total. The lowest BCUT2D eigenvalue weighted by atomic mass is 10.1. The van der Waals surface area contributed by atoms with Crippen molar-refractivity contribution in [1.29, 1.82) is 0 Å². The van der Waals surface area contributed by atoms with Crippen LogP contribution in [0.2, 0.25) is 0 Å². The monoisotopic (exact) mass is 425 g/mol. The van der Waals surface area contributed by atoms with Gasteiger partial charge in [-0.1, -0.05) is 0 Å². The molecule has 3 heterocycles. The molecule has 1 aromatic carbocycles. The van der Waals surface area contributed by atoms with Crippen LogP contribution in [0.15, 0.2) is 59.9 Å². The number of likely N-dealkylation sites (N-methyl/N-ethyl adjacent to an activating group) is 1. The number of nitrogens with zero attached hydrogens (tertiary/aromatic N) is 4. The number of hydrogen-bond donors (Lipinski definition) is 1. The molecule has 9 heteroatoms. The minimum absolute atomic E-state index is 0.0488. The molecule has 0 unspecified atom stereocenters. The Labute approximate surface area is 175 Å². The quantitative estimate of drug-likeness (QED) is 0.655. The summed E-state index contributed by atoms with van der Waals surface area (Å²) in [6.45, 7) is 0.674. The number of carbonyl (C=O) groups excluding carboxylic acids is 1. The van der Waals surface area contributed by atoms with Crippen molar-refractivity contribution >= 4 is 21.6 Å². The summed E-state index contributed by atoms with van der Waals surface area (Å²) in [6, 6.07) is 10.4. The lowest BCUT2D eigenvalue weighted by Crippen LogP contribution is -2.35. The summed E-state index contributed by atoms with van der Waals surface area (Å²) >= 11 is 0. The second-order valence-electron chi connectivity index (χ2n) is 7.26. The number of anilines is 1. The summed E-state index contributed by atoms with van der Waals surface area (Å²) in [5.74, 6) is 0.515. The molecule has 8 nitrogen and oxygen atoms in total. The predicted octanol–water partition coefficient (Wildman–Crippen LogP) is 2.54. The molecular formula is C21H23N5O3S. The average Bonchev–Trinajstić information content (AvgIpc) is 3.19. The molecule has 0 bridgehead atoms. The standard InChI is InChI=1S/C21H23N5O3S/c1-25(30(28,29)19-6-4-11-22-14-19)15-20(27)24-17-9-7-16(8-10-17)21-23-13-18-5-2-3-12-26(18)21/h4,6-11,13-14H,2-3,5,12,15H2,1H3,(H,24,27). The SMILES string of the molecule is CN(CC(=O)Nc1ccc(-c2ncc3n2CCCC3)cc1)S(=O)(=O)c1cccnc1. The maximum Gasteiger partial charge on any atom is 0.244 e. The first kappa shape index (κ1) is 20.2. The van der Waals surface area contributed by atoms with Gasteiger partial charge in [0, 0.05) is 49.1 Å². The first-order chi connectivity index (χ1) is 14.4. The molecule has 30 heavy (non-hydrogen) atoms. The Kier molecular flexibility index (Phi) is 5.65. The fraction of sp³-hybridized carbons (Fsp3) is 0.286. The highest BCUT2D eigenvalue weighted by molar-refractivity contribution is 7.89. The number of sulfonamides is 1. The van der Waals surface area contributed by atoms with Crippen LogP contribution in [0.4, 0.5) is 5.69 Å². The Morgan fingerprint density at radius 2 is 1.97 bits per heavy atom. The van der Waals surface area contributed by atoms with Crippen LogP contribution in [0, 0.1) is 0 Å². The summed E-state index contributed by atoms with van der Waals surface area (Å²) in [5, 5.41) is 2.74. The number of rotatable bonds is 6. The van der Waals surface area contributed by atoms with Crippen LogP contribution < -0.4 is 5.32 Å². The van der Waals surface area contributed by atoms with Gasteiger partial charge in [0.2, 0.25) is 15.9 Å². The summed E-state index contributed by atoms with van der Waals surface area (Å²) < 4.78 is 28.3. The van der Waals surface area contributed by atoms with E-state index in [1.807, 2.05) is 18.3 Å². The van der Waals surface area contributed by atoms with Crippen molar-refractivity contribution in [2.45, 2.75) is 30.7 Å². The van der Waals surface area contributed by atoms with Crippen molar-refractivity contribution in [3.63, 3.8) is 0 Å². The third kappa shape index (κ3) is 4.12. The van der Waals surface area contributed by atoms with Crippen molar-refractivity contribution in [3.8, 4) is 11.4 Å². The number of aryl methyl sites for hydroxylation is 1. The Morgan fingerprint density at radius 3 is 2.70 bits per heavy atom. The molecule has 0 fully saturated rings. The number of pyridine rings is 1. The van der Waals surface area contributed by atoms with Crippen LogP contribution in [-0.2, 0) is 27.8 Å². The van der Waals surface area contributed by atoms with Gasteiger partial charge in [-0.15, -0.1) is 0 Å². The first-order valence-electron chi connectivity index (χ1n) is 9.76. The van der Waals surface area contributed by atoms with Crippen molar-refractivity contribution in [1.82, 2.24) is 18.8 Å². The van der Waals surface area contributed by atoms with Gasteiger partial charge in [0.05, 0.1) is 6.54 Å². The molecule has 2 aromatic heterocycles. The molecule has 0 saturated heterocycles. The minimum Gasteiger partial charge on any atom is -0.328 e. The largest absolute Gasteiger partial charge is 0.328 e. The van der Waals surface area contributed by atoms with E-state index in [0.717, 1.165) is 35.1 Å². The Morgan fingerprint density at radius 1 is 1.17 bits per heavy atom. The number of hydrogen-bond acceptors (Lipinski definition) is 5. The number of aromatic nitrogens is 3. The number of benzene rings is 1. The Bertz CT molecular complexity index is 1140. The van der Waals surface area contributed by atoms with E-state index in [0.29, 0.717) is 5.69 Å². The molecule has 0 aliphatic carbocycles. The van der Waals surface area contributed by atoms with E-state index in [2.05, 4.69) is 19.9 Å². The molecule has 3 aromatic rings. The topological polar surface area (TPSA) is 97.2 Å². The van der Waals surface area contributed by atoms with E-state index in [1.165, 1.54) is 37.6 Å². The van der Waals surface area contributed by atoms with E-state index in [9.17, 15) is 13.2 Å². The zero-order chi connectivity index (χ0) is 21.1. The molecular weight excluding hydrogens is 402 g/mol. The maximum atomic E-state index is 12.5. The van der Waals surface area contributed by atoms with Crippen LogP contribution >= 0.6 is 0 Å². The fourth-order valence-corrected chi connectivity index (χ4v) is 4.63. The lowest BCUT2D eigenvalue weighted by Gasteiger charge is -2.17. The number of nitrogens with one attached hydrogen (secondary N) is 1. The van der Waals surface area contributed by atoms with Gasteiger partial charge in [-0.05, 0) is 55.7 Å². The van der Waals surface area contributed by atoms with E-state index in [4.69, 9.17) is 0 Å². The van der Waals surface area contributed by atoms with E-state index < -0.39 is 15.9 Å². The molecule has 1 amide bonds. The highest BCUT2D eigenvalue weighted by Crippen LogP contribution is 2.25. The minimum atomic E-state index is -3.77.